The van der Waals surface area contributed by atoms with Crippen LogP contribution in [0, 0.1) is 5.92 Å². The third-order valence-electron chi connectivity index (χ3n) is 6.84. The summed E-state index contributed by atoms with van der Waals surface area (Å²) in [6.07, 6.45) is 12.2. The first-order valence-electron chi connectivity index (χ1n) is 12.4. The molecule has 4 rings (SSSR count). The predicted octanol–water partition coefficient (Wildman–Crippen LogP) is 2.45. The first-order chi connectivity index (χ1) is 17.0. The van der Waals surface area contributed by atoms with Crippen LogP contribution < -0.4 is 10.5 Å². The van der Waals surface area contributed by atoms with E-state index in [1.54, 1.807) is 40.4 Å². The molecule has 186 valence electrons. The van der Waals surface area contributed by atoms with Gasteiger partial charge in [0, 0.05) is 56.4 Å². The normalized spacial score (nSPS) is 16.7. The van der Waals surface area contributed by atoms with E-state index in [2.05, 4.69) is 9.97 Å². The summed E-state index contributed by atoms with van der Waals surface area (Å²) in [4.78, 5) is 48.8. The second-order valence-electron chi connectivity index (χ2n) is 9.32. The molecule has 2 aliphatic rings. The van der Waals surface area contributed by atoms with Crippen LogP contribution in [-0.2, 0) is 11.2 Å². The van der Waals surface area contributed by atoms with E-state index in [0.29, 0.717) is 49.8 Å². The molecule has 0 aromatic carbocycles. The van der Waals surface area contributed by atoms with Crippen molar-refractivity contribution in [3.63, 3.8) is 0 Å². The number of rotatable bonds is 8. The Labute approximate surface area is 205 Å². The molecule has 2 fully saturated rings. The number of primary amides is 1. The van der Waals surface area contributed by atoms with Crippen molar-refractivity contribution in [3.8, 4) is 5.88 Å². The summed E-state index contributed by atoms with van der Waals surface area (Å²) in [6.45, 7) is 2.41. The number of carbonyl (C=O) groups is 3. The number of amides is 3. The average molecular weight is 480 g/mol. The zero-order valence-corrected chi connectivity index (χ0v) is 20.0. The average Bonchev–Trinajstić information content (AvgIpc) is 2.89. The van der Waals surface area contributed by atoms with Crippen LogP contribution >= 0.6 is 0 Å². The van der Waals surface area contributed by atoms with Crippen LogP contribution in [0.5, 0.6) is 5.88 Å². The van der Waals surface area contributed by atoms with E-state index in [9.17, 15) is 14.4 Å². The number of nitrogens with two attached hydrogens (primary N) is 1. The molecule has 0 radical (unpaired) electrons. The number of carbonyl (C=O) groups excluding carboxylic acids is 3. The van der Waals surface area contributed by atoms with Gasteiger partial charge in [-0.2, -0.15) is 0 Å². The molecule has 2 aromatic rings. The SMILES string of the molecule is NC(=O)c1cncc(CC(=O)N2CCN(C(=O)c3ccnc(OCCC4CCCCC4)c3)CC2)c1. The van der Waals surface area contributed by atoms with Crippen molar-refractivity contribution in [3.05, 3.63) is 53.5 Å². The number of ether oxygens (including phenoxy) is 1. The molecule has 2 N–H and O–H groups in total. The Bertz CT molecular complexity index is 1050. The minimum atomic E-state index is -0.576. The lowest BCUT2D eigenvalue weighted by Gasteiger charge is -2.35. The van der Waals surface area contributed by atoms with Crippen molar-refractivity contribution in [2.45, 2.75) is 44.9 Å². The molecule has 1 aliphatic carbocycles. The van der Waals surface area contributed by atoms with Crippen molar-refractivity contribution >= 4 is 17.7 Å². The highest BCUT2D eigenvalue weighted by Crippen LogP contribution is 2.26. The quantitative estimate of drug-likeness (QED) is 0.621. The van der Waals surface area contributed by atoms with Gasteiger partial charge in [-0.25, -0.2) is 4.98 Å². The Morgan fingerprint density at radius 2 is 1.71 bits per heavy atom. The fraction of sp³-hybridized carbons (Fsp3) is 0.500. The number of aromatic nitrogens is 2. The Hall–Kier alpha value is -3.49. The molecule has 0 spiro atoms. The zero-order valence-electron chi connectivity index (χ0n) is 20.0. The lowest BCUT2D eigenvalue weighted by molar-refractivity contribution is -0.131. The largest absolute Gasteiger partial charge is 0.478 e. The highest BCUT2D eigenvalue weighted by Gasteiger charge is 2.25. The van der Waals surface area contributed by atoms with Crippen LogP contribution in [-0.4, -0.2) is 70.3 Å². The number of pyridine rings is 2. The van der Waals surface area contributed by atoms with Gasteiger partial charge in [-0.15, -0.1) is 0 Å². The summed E-state index contributed by atoms with van der Waals surface area (Å²) in [6, 6.07) is 5.00. The lowest BCUT2D eigenvalue weighted by Crippen LogP contribution is -2.51. The topological polar surface area (TPSA) is 119 Å². The van der Waals surface area contributed by atoms with Crippen molar-refractivity contribution < 1.29 is 19.1 Å². The monoisotopic (exact) mass is 479 g/mol. The van der Waals surface area contributed by atoms with Crippen molar-refractivity contribution in [1.29, 1.82) is 0 Å². The summed E-state index contributed by atoms with van der Waals surface area (Å²) >= 11 is 0. The number of hydrogen-bond acceptors (Lipinski definition) is 6. The maximum Gasteiger partial charge on any atom is 0.254 e. The van der Waals surface area contributed by atoms with Gasteiger partial charge in [-0.05, 0) is 30.0 Å². The molecule has 1 aliphatic heterocycles. The molecule has 1 saturated carbocycles. The number of nitrogens with zero attached hydrogens (tertiary/aromatic N) is 4. The maximum atomic E-state index is 13.0. The standard InChI is InChI=1S/C26H33N5O4/c27-25(33)22-14-20(17-28-18-22)15-24(32)30-9-11-31(12-10-30)26(34)21-6-8-29-23(16-21)35-13-7-19-4-2-1-3-5-19/h6,8,14,16-19H,1-5,7,9-13,15H2,(H2,27,33). The van der Waals surface area contributed by atoms with Gasteiger partial charge in [0.15, 0.2) is 0 Å². The van der Waals surface area contributed by atoms with Crippen LogP contribution in [0.15, 0.2) is 36.8 Å². The third-order valence-corrected chi connectivity index (χ3v) is 6.84. The molecule has 0 bridgehead atoms. The van der Waals surface area contributed by atoms with Crippen LogP contribution in [0.25, 0.3) is 0 Å². The van der Waals surface area contributed by atoms with Gasteiger partial charge < -0.3 is 20.3 Å². The van der Waals surface area contributed by atoms with Gasteiger partial charge >= 0.3 is 0 Å². The van der Waals surface area contributed by atoms with Gasteiger partial charge in [-0.3, -0.25) is 19.4 Å². The smallest absolute Gasteiger partial charge is 0.254 e. The van der Waals surface area contributed by atoms with Crippen molar-refractivity contribution in [2.24, 2.45) is 11.7 Å². The molecular formula is C26H33N5O4. The zero-order chi connectivity index (χ0) is 24.6. The molecular weight excluding hydrogens is 446 g/mol. The highest BCUT2D eigenvalue weighted by atomic mass is 16.5. The van der Waals surface area contributed by atoms with Gasteiger partial charge in [0.1, 0.15) is 0 Å². The Balaban J connectivity index is 1.25. The van der Waals surface area contributed by atoms with Crippen LogP contribution in [0.1, 0.15) is 64.8 Å². The maximum absolute atomic E-state index is 13.0. The highest BCUT2D eigenvalue weighted by molar-refractivity contribution is 5.94. The van der Waals surface area contributed by atoms with Crippen molar-refractivity contribution in [2.75, 3.05) is 32.8 Å². The third kappa shape index (κ3) is 6.77. The Kier molecular flexibility index (Phi) is 8.28. The van der Waals surface area contributed by atoms with E-state index in [4.69, 9.17) is 10.5 Å². The molecule has 35 heavy (non-hydrogen) atoms. The summed E-state index contributed by atoms with van der Waals surface area (Å²) in [5.41, 5.74) is 6.75. The summed E-state index contributed by atoms with van der Waals surface area (Å²) in [5, 5.41) is 0. The van der Waals surface area contributed by atoms with E-state index in [1.165, 1.54) is 38.3 Å². The first kappa shape index (κ1) is 24.6. The van der Waals surface area contributed by atoms with E-state index in [1.807, 2.05) is 0 Å². The van der Waals surface area contributed by atoms with E-state index < -0.39 is 5.91 Å². The Morgan fingerprint density at radius 1 is 0.971 bits per heavy atom. The van der Waals surface area contributed by atoms with E-state index in [0.717, 1.165) is 12.3 Å². The summed E-state index contributed by atoms with van der Waals surface area (Å²) in [5.74, 6) is 0.476. The van der Waals surface area contributed by atoms with E-state index >= 15 is 0 Å². The fourth-order valence-electron chi connectivity index (χ4n) is 4.77. The first-order valence-corrected chi connectivity index (χ1v) is 12.4. The lowest BCUT2D eigenvalue weighted by atomic mass is 9.87. The van der Waals surface area contributed by atoms with Gasteiger partial charge in [0.2, 0.25) is 17.7 Å². The number of piperazine rings is 1. The Morgan fingerprint density at radius 3 is 2.46 bits per heavy atom. The molecule has 9 heteroatoms. The second kappa shape index (κ2) is 11.8. The fourth-order valence-corrected chi connectivity index (χ4v) is 4.77. The molecule has 2 aromatic heterocycles. The van der Waals surface area contributed by atoms with Gasteiger partial charge in [0.25, 0.3) is 5.91 Å². The van der Waals surface area contributed by atoms with Gasteiger partial charge in [0.05, 0.1) is 18.6 Å². The molecule has 3 heterocycles. The molecule has 1 saturated heterocycles. The molecule has 3 amide bonds. The predicted molar refractivity (Wildman–Crippen MR) is 130 cm³/mol. The van der Waals surface area contributed by atoms with Crippen LogP contribution in [0.2, 0.25) is 0 Å². The van der Waals surface area contributed by atoms with Crippen molar-refractivity contribution in [1.82, 2.24) is 19.8 Å². The van der Waals surface area contributed by atoms with Crippen LogP contribution in [0.4, 0.5) is 0 Å². The minimum absolute atomic E-state index is 0.0712. The summed E-state index contributed by atoms with van der Waals surface area (Å²) < 4.78 is 5.85. The van der Waals surface area contributed by atoms with Crippen LogP contribution in [0.3, 0.4) is 0 Å². The molecule has 9 nitrogen and oxygen atoms in total. The van der Waals surface area contributed by atoms with E-state index in [-0.39, 0.29) is 23.8 Å². The molecule has 0 unspecified atom stereocenters. The minimum Gasteiger partial charge on any atom is -0.478 e. The number of hydrogen-bond donors (Lipinski definition) is 1. The second-order valence-corrected chi connectivity index (χ2v) is 9.32. The summed E-state index contributed by atoms with van der Waals surface area (Å²) in [7, 11) is 0. The molecule has 0 atom stereocenters. The van der Waals surface area contributed by atoms with Gasteiger partial charge in [-0.1, -0.05) is 32.1 Å².